The van der Waals surface area contributed by atoms with Crippen molar-refractivity contribution in [1.82, 2.24) is 9.36 Å². The van der Waals surface area contributed by atoms with Crippen LogP contribution in [0.3, 0.4) is 0 Å². The summed E-state index contributed by atoms with van der Waals surface area (Å²) in [5.41, 5.74) is 9.79. The molecular formula is C22H28N6O2S. The zero-order chi connectivity index (χ0) is 21.6. The highest BCUT2D eigenvalue weighted by Crippen LogP contribution is 2.45. The quantitative estimate of drug-likeness (QED) is 0.786. The molecule has 1 saturated carbocycles. The van der Waals surface area contributed by atoms with E-state index in [-0.39, 0.29) is 11.9 Å². The number of fused-ring (bicyclic) bond motifs is 1. The molecule has 1 atom stereocenters. The van der Waals surface area contributed by atoms with Crippen molar-refractivity contribution in [3.05, 3.63) is 17.3 Å². The van der Waals surface area contributed by atoms with E-state index in [1.54, 1.807) is 0 Å². The molecule has 1 amide bonds. The Morgan fingerprint density at radius 2 is 2.10 bits per heavy atom. The first-order valence-corrected chi connectivity index (χ1v) is 11.8. The number of carbonyl (C=O) groups is 1. The Bertz CT molecular complexity index is 1090. The van der Waals surface area contributed by atoms with E-state index in [9.17, 15) is 4.79 Å². The Hall–Kier alpha value is -2.39. The maximum absolute atomic E-state index is 12.9. The normalized spacial score (nSPS) is 23.7. The predicted molar refractivity (Wildman–Crippen MR) is 123 cm³/mol. The van der Waals surface area contributed by atoms with Crippen molar-refractivity contribution in [2.45, 2.75) is 63.8 Å². The van der Waals surface area contributed by atoms with Gasteiger partial charge < -0.3 is 15.4 Å². The van der Waals surface area contributed by atoms with Crippen molar-refractivity contribution >= 4 is 44.9 Å². The van der Waals surface area contributed by atoms with Crippen LogP contribution in [-0.4, -0.2) is 52.5 Å². The van der Waals surface area contributed by atoms with E-state index in [0.29, 0.717) is 19.6 Å². The molecule has 3 aliphatic rings. The maximum Gasteiger partial charge on any atom is 0.228 e. The number of amides is 1. The lowest BCUT2D eigenvalue weighted by molar-refractivity contribution is -0.124. The minimum atomic E-state index is -0.669. The SMILES string of the molecule is CC1=NN=C(c2nsc3c(C4(C(N)=O)CCCCC4)cc(N4CCOC[C@H]4C)nc23)C1. The summed E-state index contributed by atoms with van der Waals surface area (Å²) in [6.45, 7) is 6.19. The second kappa shape index (κ2) is 7.94. The van der Waals surface area contributed by atoms with Crippen molar-refractivity contribution in [2.75, 3.05) is 24.7 Å². The lowest BCUT2D eigenvalue weighted by atomic mass is 9.69. The fourth-order valence-corrected chi connectivity index (χ4v) is 6.02. The average molecular weight is 441 g/mol. The molecule has 0 bridgehead atoms. The molecule has 2 aromatic heterocycles. The molecule has 31 heavy (non-hydrogen) atoms. The molecule has 8 nitrogen and oxygen atoms in total. The summed E-state index contributed by atoms with van der Waals surface area (Å²) >= 11 is 1.40. The summed E-state index contributed by atoms with van der Waals surface area (Å²) in [5.74, 6) is 0.621. The number of hydrogen-bond donors (Lipinski definition) is 1. The molecule has 2 N–H and O–H groups in total. The molecule has 0 unspecified atom stereocenters. The van der Waals surface area contributed by atoms with Gasteiger partial charge >= 0.3 is 0 Å². The van der Waals surface area contributed by atoms with Gasteiger partial charge in [-0.3, -0.25) is 4.79 Å². The number of carbonyl (C=O) groups excluding carboxylic acids is 1. The Morgan fingerprint density at radius 1 is 1.29 bits per heavy atom. The first-order valence-electron chi connectivity index (χ1n) is 11.1. The van der Waals surface area contributed by atoms with Crippen LogP contribution in [0.15, 0.2) is 16.3 Å². The molecule has 0 spiro atoms. The Kier molecular flexibility index (Phi) is 5.26. The van der Waals surface area contributed by atoms with Crippen LogP contribution in [0.1, 0.15) is 63.6 Å². The Morgan fingerprint density at radius 3 is 2.77 bits per heavy atom. The fourth-order valence-electron chi connectivity index (χ4n) is 5.06. The van der Waals surface area contributed by atoms with Gasteiger partial charge in [-0.15, -0.1) is 0 Å². The first kappa shape index (κ1) is 20.5. The smallest absolute Gasteiger partial charge is 0.228 e. The minimum Gasteiger partial charge on any atom is -0.377 e. The highest BCUT2D eigenvalue weighted by Gasteiger charge is 2.42. The van der Waals surface area contributed by atoms with E-state index in [1.807, 2.05) is 6.92 Å². The van der Waals surface area contributed by atoms with Gasteiger partial charge in [0.15, 0.2) is 0 Å². The molecule has 0 radical (unpaired) electrons. The van der Waals surface area contributed by atoms with Gasteiger partial charge in [-0.05, 0) is 49.9 Å². The summed E-state index contributed by atoms with van der Waals surface area (Å²) in [6.07, 6.45) is 5.36. The van der Waals surface area contributed by atoms with Crippen LogP contribution in [0.4, 0.5) is 5.82 Å². The summed E-state index contributed by atoms with van der Waals surface area (Å²) in [6, 6.07) is 2.30. The first-order chi connectivity index (χ1) is 15.0. The van der Waals surface area contributed by atoms with Crippen LogP contribution in [0, 0.1) is 0 Å². The topological polar surface area (TPSA) is 106 Å². The third-order valence-corrected chi connectivity index (χ3v) is 7.68. The Labute approximate surface area is 185 Å². The van der Waals surface area contributed by atoms with Crippen LogP contribution in [0.2, 0.25) is 0 Å². The number of nitrogens with zero attached hydrogens (tertiary/aromatic N) is 5. The zero-order valence-corrected chi connectivity index (χ0v) is 18.9. The number of primary amides is 1. The molecule has 9 heteroatoms. The van der Waals surface area contributed by atoms with E-state index >= 15 is 0 Å². The van der Waals surface area contributed by atoms with Crippen molar-refractivity contribution in [2.24, 2.45) is 15.9 Å². The molecule has 1 saturated heterocycles. The highest BCUT2D eigenvalue weighted by molar-refractivity contribution is 7.13. The third-order valence-electron chi connectivity index (χ3n) is 6.81. The second-order valence-corrected chi connectivity index (χ2v) is 9.69. The van der Waals surface area contributed by atoms with Crippen LogP contribution < -0.4 is 10.6 Å². The molecular weight excluding hydrogens is 412 g/mol. The van der Waals surface area contributed by atoms with E-state index < -0.39 is 5.41 Å². The number of rotatable bonds is 4. The number of ether oxygens (including phenoxy) is 1. The highest BCUT2D eigenvalue weighted by atomic mass is 32.1. The van der Waals surface area contributed by atoms with Gasteiger partial charge in [-0.1, -0.05) is 19.3 Å². The molecule has 2 fully saturated rings. The number of aromatic nitrogens is 2. The number of morpholine rings is 1. The van der Waals surface area contributed by atoms with Crippen molar-refractivity contribution in [3.63, 3.8) is 0 Å². The molecule has 5 rings (SSSR count). The molecule has 4 heterocycles. The van der Waals surface area contributed by atoms with E-state index in [0.717, 1.165) is 77.4 Å². The molecule has 0 aromatic carbocycles. The molecule has 2 aromatic rings. The lowest BCUT2D eigenvalue weighted by Gasteiger charge is -2.37. The summed E-state index contributed by atoms with van der Waals surface area (Å²) in [5, 5.41) is 8.54. The van der Waals surface area contributed by atoms with Gasteiger partial charge in [0.1, 0.15) is 17.0 Å². The van der Waals surface area contributed by atoms with E-state index in [1.165, 1.54) is 11.5 Å². The average Bonchev–Trinajstić information content (AvgIpc) is 3.39. The van der Waals surface area contributed by atoms with Gasteiger partial charge in [0.05, 0.1) is 35.1 Å². The van der Waals surface area contributed by atoms with Crippen LogP contribution in [-0.2, 0) is 14.9 Å². The fraction of sp³-hybridized carbons (Fsp3) is 0.591. The number of pyridine rings is 1. The maximum atomic E-state index is 12.9. The summed E-state index contributed by atoms with van der Waals surface area (Å²) in [4.78, 5) is 20.2. The third kappa shape index (κ3) is 3.43. The van der Waals surface area contributed by atoms with Crippen LogP contribution in [0.5, 0.6) is 0 Å². The van der Waals surface area contributed by atoms with Crippen molar-refractivity contribution in [3.8, 4) is 0 Å². The van der Waals surface area contributed by atoms with Crippen molar-refractivity contribution < 1.29 is 9.53 Å². The molecule has 164 valence electrons. The van der Waals surface area contributed by atoms with E-state index in [4.69, 9.17) is 19.8 Å². The number of anilines is 1. The summed E-state index contributed by atoms with van der Waals surface area (Å²) < 4.78 is 11.3. The van der Waals surface area contributed by atoms with E-state index in [2.05, 4.69) is 28.1 Å². The Balaban J connectivity index is 1.72. The summed E-state index contributed by atoms with van der Waals surface area (Å²) in [7, 11) is 0. The van der Waals surface area contributed by atoms with Gasteiger partial charge in [-0.2, -0.15) is 14.6 Å². The van der Waals surface area contributed by atoms with Gasteiger partial charge in [0, 0.05) is 18.7 Å². The second-order valence-electron chi connectivity index (χ2n) is 8.92. The van der Waals surface area contributed by atoms with Crippen molar-refractivity contribution in [1.29, 1.82) is 0 Å². The van der Waals surface area contributed by atoms with Crippen LogP contribution in [0.25, 0.3) is 10.2 Å². The minimum absolute atomic E-state index is 0.201. The molecule has 2 aliphatic heterocycles. The van der Waals surface area contributed by atoms with Gasteiger partial charge in [-0.25, -0.2) is 4.98 Å². The monoisotopic (exact) mass is 440 g/mol. The van der Waals surface area contributed by atoms with Gasteiger partial charge in [0.2, 0.25) is 5.91 Å². The van der Waals surface area contributed by atoms with Gasteiger partial charge in [0.25, 0.3) is 0 Å². The van der Waals surface area contributed by atoms with Crippen LogP contribution >= 0.6 is 11.5 Å². The number of nitrogens with two attached hydrogens (primary N) is 1. The lowest BCUT2D eigenvalue weighted by Crippen LogP contribution is -2.45. The largest absolute Gasteiger partial charge is 0.377 e. The standard InChI is InChI=1S/C22H28N6O2S/c1-13-10-16(26-25-13)18-19-20(31-27-18)15(22(21(23)29)6-4-3-5-7-22)11-17(24-19)28-8-9-30-12-14(28)2/h11,14H,3-10,12H2,1-2H3,(H2,23,29)/t14-/m1/s1. The predicted octanol–water partition coefficient (Wildman–Crippen LogP) is 3.17. The number of hydrogen-bond acceptors (Lipinski definition) is 8. The zero-order valence-electron chi connectivity index (χ0n) is 18.1. The molecule has 1 aliphatic carbocycles.